The van der Waals surface area contributed by atoms with Gasteiger partial charge in [-0.05, 0) is 0 Å². The second kappa shape index (κ2) is 47.1. The summed E-state index contributed by atoms with van der Waals surface area (Å²) < 4.78 is 0. The van der Waals surface area contributed by atoms with Crippen molar-refractivity contribution < 1.29 is 40.4 Å². The summed E-state index contributed by atoms with van der Waals surface area (Å²) in [6.07, 6.45) is 1.00. The van der Waals surface area contributed by atoms with Gasteiger partial charge in [0.2, 0.25) is 0 Å². The van der Waals surface area contributed by atoms with Gasteiger partial charge in [-0.2, -0.15) is 13.1 Å². The third kappa shape index (κ3) is 70.1. The molecule has 2 N–H and O–H groups in total. The zero-order chi connectivity index (χ0) is 12.2. The van der Waals surface area contributed by atoms with E-state index in [9.17, 15) is 10.2 Å². The van der Waals surface area contributed by atoms with Crippen molar-refractivity contribution in [1.29, 1.82) is 0 Å². The Bertz CT molecular complexity index is 50.8. The summed E-state index contributed by atoms with van der Waals surface area (Å²) in [6.45, 7) is 0.375. The first-order valence-corrected chi connectivity index (χ1v) is 6.10. The predicted octanol–water partition coefficient (Wildman–Crippen LogP) is 0.952. The molecule has 0 spiro atoms. The first-order chi connectivity index (χ1) is 6.83. The van der Waals surface area contributed by atoms with E-state index in [1.165, 1.54) is 0 Å². The molecule has 4 nitrogen and oxygen atoms in total. The molecule has 0 heterocycles. The third-order valence-electron chi connectivity index (χ3n) is 0.642. The van der Waals surface area contributed by atoms with Crippen molar-refractivity contribution in [3.8, 4) is 0 Å². The molecule has 98 valence electrons. The van der Waals surface area contributed by atoms with Crippen LogP contribution in [0.3, 0.4) is 0 Å². The third-order valence-corrected chi connectivity index (χ3v) is 0.642. The molecule has 0 bridgehead atoms. The summed E-state index contributed by atoms with van der Waals surface area (Å²) in [7, 11) is 8.40. The Balaban J connectivity index is -0.0000000528. The minimum Gasteiger partial charge on any atom is -0.854 e. The topological polar surface area (TPSA) is 93.7 Å². The molecule has 0 aromatic rings. The van der Waals surface area contributed by atoms with Crippen LogP contribution in [0.4, 0.5) is 0 Å². The molecule has 0 fully saturated rings. The maximum Gasteiger partial charge on any atom is -0.0879 e. The van der Waals surface area contributed by atoms with Crippen molar-refractivity contribution in [3.63, 3.8) is 0 Å². The van der Waals surface area contributed by atoms with E-state index in [1.54, 1.807) is 0 Å². The van der Waals surface area contributed by atoms with E-state index in [2.05, 4.69) is 50.4 Å². The van der Waals surface area contributed by atoms with Gasteiger partial charge in [0.25, 0.3) is 0 Å². The van der Waals surface area contributed by atoms with Crippen molar-refractivity contribution in [2.75, 3.05) is 26.3 Å². The maximum absolute atomic E-state index is 9.41. The van der Waals surface area contributed by atoms with Crippen LogP contribution in [-0.2, 0) is 30.2 Å². The van der Waals surface area contributed by atoms with Gasteiger partial charge in [-0.25, -0.2) is 0 Å². The molecule has 8 heteroatoms. The maximum atomic E-state index is 9.41. The fourth-order valence-electron chi connectivity index (χ4n) is 0.144. The van der Waals surface area contributed by atoms with E-state index in [1.807, 2.05) is 0 Å². The van der Waals surface area contributed by atoms with Crippen molar-refractivity contribution in [1.82, 2.24) is 0 Å². The Morgan fingerprint density at radius 3 is 1.00 bits per heavy atom. The average molecular weight is 344 g/mol. The fraction of sp³-hybridized carbons (Fsp3) is 1.00. The van der Waals surface area contributed by atoms with Crippen molar-refractivity contribution in [3.05, 3.63) is 11.5 Å². The Labute approximate surface area is 111 Å². The zero-order valence-corrected chi connectivity index (χ0v) is 10.8. The van der Waals surface area contributed by atoms with Crippen molar-refractivity contribution in [2.24, 2.45) is 0 Å². The van der Waals surface area contributed by atoms with Gasteiger partial charge in [0.05, 0.1) is 0 Å². The van der Waals surface area contributed by atoms with Crippen LogP contribution >= 0.6 is 20.2 Å². The summed E-state index contributed by atoms with van der Waals surface area (Å²) in [5, 5.41) is 18.8. The van der Waals surface area contributed by atoms with Crippen LogP contribution in [0.5, 0.6) is 0 Å². The number of rotatable bonds is 4. The van der Waals surface area contributed by atoms with Crippen LogP contribution < -0.4 is 10.2 Å². The molecule has 14 heavy (non-hydrogen) atoms. The normalized spacial score (nSPS) is 7.00. The van der Waals surface area contributed by atoms with E-state index in [0.29, 0.717) is 12.8 Å². The van der Waals surface area contributed by atoms with E-state index < -0.39 is 0 Å². The van der Waals surface area contributed by atoms with E-state index in [4.69, 9.17) is 11.5 Å². The molecule has 0 unspecified atom stereocenters. The number of halogens is 2. The average Bonchev–Trinajstić information content (AvgIpc) is 2.27. The molecule has 0 saturated carbocycles. The van der Waals surface area contributed by atoms with Gasteiger partial charge in [-0.1, -0.05) is 12.8 Å². The molecule has 0 radical (unpaired) electrons. The first-order valence-electron chi connectivity index (χ1n) is 3.51. The molecule has 0 aliphatic rings. The van der Waals surface area contributed by atoms with Crippen LogP contribution in [0.1, 0.15) is 12.8 Å². The van der Waals surface area contributed by atoms with Gasteiger partial charge >= 0.3 is 50.4 Å². The molecule has 0 aromatic heterocycles. The first kappa shape index (κ1) is 24.6. The minimum absolute atomic E-state index is 0.0938. The molecule has 0 aliphatic carbocycles. The predicted molar refractivity (Wildman–Crippen MR) is 49.1 cm³/mol. The number of hydrogen-bond donors (Lipinski definition) is 0. The van der Waals surface area contributed by atoms with Gasteiger partial charge in [0, 0.05) is 0 Å². The Morgan fingerprint density at radius 2 is 1.00 bits per heavy atom. The second-order valence-electron chi connectivity index (χ2n) is 1.62. The van der Waals surface area contributed by atoms with E-state index in [-0.39, 0.29) is 26.3 Å². The standard InChI is InChI=1S/2C3H7NO.2ClH.2Cu/c2*4-2-1-3-5;;;;/h2*4H,1-3H2;2*1H;;/q2*-2;;;2*+2/p-2. The Kier molecular flexibility index (Phi) is 82.8. The van der Waals surface area contributed by atoms with Crippen LogP contribution in [0.2, 0.25) is 0 Å². The molecule has 0 atom stereocenters. The molecule has 0 aliphatic heterocycles. The summed E-state index contributed by atoms with van der Waals surface area (Å²) in [4.78, 5) is 0. The minimum atomic E-state index is -0.0938. The number of hydrogen-bond acceptors (Lipinski definition) is 2. The second-order valence-corrected chi connectivity index (χ2v) is 1.62. The molecule has 0 amide bonds. The van der Waals surface area contributed by atoms with E-state index >= 15 is 0 Å². The van der Waals surface area contributed by atoms with Crippen LogP contribution in [0, 0.1) is 0 Å². The number of nitrogens with one attached hydrogen (secondary N) is 2. The molecule has 0 aromatic carbocycles. The van der Waals surface area contributed by atoms with Gasteiger partial charge in [0.15, 0.2) is 0 Å². The van der Waals surface area contributed by atoms with Gasteiger partial charge in [-0.3, -0.25) is 0 Å². The SMILES string of the molecule is [Cl][Cu+].[Cl][Cu+].[NH-]CCC[O-].[NH-]CCC[O-]. The molecule has 0 rings (SSSR count). The monoisotopic (exact) mass is 342 g/mol. The van der Waals surface area contributed by atoms with Gasteiger partial charge < -0.3 is 21.7 Å². The zero-order valence-electron chi connectivity index (χ0n) is 7.42. The Hall–Kier alpha value is 1.46. The summed E-state index contributed by atoms with van der Waals surface area (Å²) in [6, 6.07) is 0. The van der Waals surface area contributed by atoms with E-state index in [0.717, 1.165) is 0 Å². The summed E-state index contributed by atoms with van der Waals surface area (Å²) in [5.74, 6) is 0. The molecule has 0 saturated heterocycles. The molecular weight excluding hydrogens is 330 g/mol. The van der Waals surface area contributed by atoms with Crippen molar-refractivity contribution >= 4 is 20.2 Å². The molecular formula is C6H14Cl2Cu2N2O2-2. The fourth-order valence-corrected chi connectivity index (χ4v) is 0.144. The van der Waals surface area contributed by atoms with Crippen LogP contribution in [-0.4, -0.2) is 26.3 Å². The quantitative estimate of drug-likeness (QED) is 0.710. The summed E-state index contributed by atoms with van der Waals surface area (Å²) >= 11 is 7.32. The largest absolute Gasteiger partial charge is 0.854 e. The summed E-state index contributed by atoms with van der Waals surface area (Å²) in [5.41, 5.74) is 12.8. The van der Waals surface area contributed by atoms with Gasteiger partial charge in [-0.15, -0.1) is 13.2 Å². The van der Waals surface area contributed by atoms with Crippen molar-refractivity contribution in [2.45, 2.75) is 12.8 Å². The van der Waals surface area contributed by atoms with Crippen LogP contribution in [0.25, 0.3) is 11.5 Å². The smallest absolute Gasteiger partial charge is 0.0879 e. The Morgan fingerprint density at radius 1 is 0.786 bits per heavy atom. The van der Waals surface area contributed by atoms with Gasteiger partial charge in [0.1, 0.15) is 0 Å². The van der Waals surface area contributed by atoms with Crippen LogP contribution in [0.15, 0.2) is 0 Å².